The minimum absolute atomic E-state index is 0.189. The summed E-state index contributed by atoms with van der Waals surface area (Å²) in [6.07, 6.45) is 1.85. The van der Waals surface area contributed by atoms with Crippen LogP contribution in [0, 0.1) is 5.92 Å². The predicted octanol–water partition coefficient (Wildman–Crippen LogP) is 4.30. The van der Waals surface area contributed by atoms with E-state index in [2.05, 4.69) is 9.97 Å². The molecule has 3 rings (SSSR count). The van der Waals surface area contributed by atoms with Gasteiger partial charge in [-0.15, -0.1) is 0 Å². The first-order valence-electron chi connectivity index (χ1n) is 8.46. The summed E-state index contributed by atoms with van der Waals surface area (Å²) in [5.74, 6) is 1.64. The number of aromatic amines is 1. The molecule has 5 nitrogen and oxygen atoms in total. The standard InChI is InChI=1S/C18H25N3O2S/c1-18(2,3)23-17(22)21-10-8-13(9-11-21)12-24-16-19-14-6-4-5-7-15(14)20-16/h4-7,13H,8-12H2,1-3H3,(H,19,20). The number of aromatic nitrogens is 2. The van der Waals surface area contributed by atoms with Crippen molar-refractivity contribution in [3.63, 3.8) is 0 Å². The zero-order valence-corrected chi connectivity index (χ0v) is 15.4. The number of benzene rings is 1. The van der Waals surface area contributed by atoms with E-state index in [1.54, 1.807) is 11.8 Å². The molecule has 0 aliphatic carbocycles. The molecule has 6 heteroatoms. The number of nitrogens with one attached hydrogen (secondary N) is 1. The SMILES string of the molecule is CC(C)(C)OC(=O)N1CCC(CSc2nc3ccccc3[nH]2)CC1. The van der Waals surface area contributed by atoms with Gasteiger partial charge in [-0.05, 0) is 51.7 Å². The molecule has 1 aromatic carbocycles. The van der Waals surface area contributed by atoms with E-state index in [4.69, 9.17) is 4.74 Å². The molecule has 1 aliphatic rings. The normalized spacial score (nSPS) is 16.5. The van der Waals surface area contributed by atoms with E-state index in [0.29, 0.717) is 5.92 Å². The van der Waals surface area contributed by atoms with Crippen molar-refractivity contribution in [2.24, 2.45) is 5.92 Å². The second-order valence-corrected chi connectivity index (χ2v) is 8.29. The first-order valence-corrected chi connectivity index (χ1v) is 9.45. The Morgan fingerprint density at radius 1 is 1.33 bits per heavy atom. The van der Waals surface area contributed by atoms with E-state index in [9.17, 15) is 4.79 Å². The van der Waals surface area contributed by atoms with Crippen LogP contribution in [0.1, 0.15) is 33.6 Å². The lowest BCUT2D eigenvalue weighted by Gasteiger charge is -2.33. The molecule has 0 spiro atoms. The highest BCUT2D eigenvalue weighted by Gasteiger charge is 2.26. The topological polar surface area (TPSA) is 58.2 Å². The third kappa shape index (κ3) is 4.44. The number of piperidine rings is 1. The fourth-order valence-electron chi connectivity index (χ4n) is 2.80. The Balaban J connectivity index is 1.46. The number of para-hydroxylation sites is 2. The van der Waals surface area contributed by atoms with Crippen LogP contribution in [-0.4, -0.2) is 45.4 Å². The van der Waals surface area contributed by atoms with E-state index in [0.717, 1.165) is 47.9 Å². The van der Waals surface area contributed by atoms with E-state index in [1.807, 2.05) is 49.9 Å². The van der Waals surface area contributed by atoms with Crippen LogP contribution < -0.4 is 0 Å². The Morgan fingerprint density at radius 2 is 2.04 bits per heavy atom. The summed E-state index contributed by atoms with van der Waals surface area (Å²) in [6, 6.07) is 8.09. The van der Waals surface area contributed by atoms with Crippen molar-refractivity contribution in [1.29, 1.82) is 0 Å². The van der Waals surface area contributed by atoms with Crippen molar-refractivity contribution >= 4 is 28.9 Å². The van der Waals surface area contributed by atoms with Crippen molar-refractivity contribution in [2.75, 3.05) is 18.8 Å². The van der Waals surface area contributed by atoms with Gasteiger partial charge in [0.25, 0.3) is 0 Å². The van der Waals surface area contributed by atoms with Gasteiger partial charge in [-0.2, -0.15) is 0 Å². The molecule has 2 aromatic rings. The number of carbonyl (C=O) groups excluding carboxylic acids is 1. The molecular formula is C18H25N3O2S. The molecule has 0 atom stereocenters. The fourth-order valence-corrected chi connectivity index (χ4v) is 3.88. The van der Waals surface area contributed by atoms with Crippen molar-refractivity contribution in [1.82, 2.24) is 14.9 Å². The molecule has 130 valence electrons. The number of hydrogen-bond donors (Lipinski definition) is 1. The van der Waals surface area contributed by atoms with Gasteiger partial charge >= 0.3 is 6.09 Å². The maximum atomic E-state index is 12.1. The number of H-pyrrole nitrogens is 1. The highest BCUT2D eigenvalue weighted by molar-refractivity contribution is 7.99. The maximum Gasteiger partial charge on any atom is 0.410 e. The van der Waals surface area contributed by atoms with Crippen LogP contribution in [-0.2, 0) is 4.74 Å². The van der Waals surface area contributed by atoms with E-state index in [1.165, 1.54) is 0 Å². The van der Waals surface area contributed by atoms with Crippen LogP contribution in [0.4, 0.5) is 4.79 Å². The number of rotatable bonds is 3. The molecule has 1 fully saturated rings. The summed E-state index contributed by atoms with van der Waals surface area (Å²) in [4.78, 5) is 21.9. The fraction of sp³-hybridized carbons (Fsp3) is 0.556. The predicted molar refractivity (Wildman–Crippen MR) is 97.3 cm³/mol. The third-order valence-electron chi connectivity index (χ3n) is 4.09. The van der Waals surface area contributed by atoms with Crippen molar-refractivity contribution in [3.8, 4) is 0 Å². The van der Waals surface area contributed by atoms with Crippen LogP contribution >= 0.6 is 11.8 Å². The molecule has 1 aromatic heterocycles. The number of hydrogen-bond acceptors (Lipinski definition) is 4. The monoisotopic (exact) mass is 347 g/mol. The maximum absolute atomic E-state index is 12.1. The average Bonchev–Trinajstić information content (AvgIpc) is 2.94. The molecule has 24 heavy (non-hydrogen) atoms. The van der Waals surface area contributed by atoms with Crippen LogP contribution in [0.3, 0.4) is 0 Å². The van der Waals surface area contributed by atoms with Gasteiger partial charge in [0.1, 0.15) is 5.60 Å². The zero-order chi connectivity index (χ0) is 17.2. The number of fused-ring (bicyclic) bond motifs is 1. The van der Waals surface area contributed by atoms with Gasteiger partial charge in [0.15, 0.2) is 5.16 Å². The second-order valence-electron chi connectivity index (χ2n) is 7.28. The average molecular weight is 347 g/mol. The molecule has 1 N–H and O–H groups in total. The van der Waals surface area contributed by atoms with Crippen LogP contribution in [0.25, 0.3) is 11.0 Å². The minimum atomic E-state index is -0.426. The van der Waals surface area contributed by atoms with Crippen molar-refractivity contribution in [3.05, 3.63) is 24.3 Å². The number of ether oxygens (including phenoxy) is 1. The molecule has 0 bridgehead atoms. The Morgan fingerprint density at radius 3 is 2.71 bits per heavy atom. The smallest absolute Gasteiger partial charge is 0.410 e. The number of likely N-dealkylation sites (tertiary alicyclic amines) is 1. The highest BCUT2D eigenvalue weighted by Crippen LogP contribution is 2.27. The first-order chi connectivity index (χ1) is 11.4. The van der Waals surface area contributed by atoms with Gasteiger partial charge in [0.05, 0.1) is 11.0 Å². The van der Waals surface area contributed by atoms with E-state index >= 15 is 0 Å². The lowest BCUT2D eigenvalue weighted by molar-refractivity contribution is 0.0191. The van der Waals surface area contributed by atoms with Crippen molar-refractivity contribution < 1.29 is 9.53 Å². The van der Waals surface area contributed by atoms with Gasteiger partial charge in [0.2, 0.25) is 0 Å². The Hall–Kier alpha value is -1.69. The Kier molecular flexibility index (Phi) is 5.04. The molecule has 1 saturated heterocycles. The van der Waals surface area contributed by atoms with Gasteiger partial charge in [-0.25, -0.2) is 9.78 Å². The zero-order valence-electron chi connectivity index (χ0n) is 14.5. The number of nitrogens with zero attached hydrogens (tertiary/aromatic N) is 2. The highest BCUT2D eigenvalue weighted by atomic mass is 32.2. The van der Waals surface area contributed by atoms with Gasteiger partial charge in [-0.1, -0.05) is 23.9 Å². The summed E-state index contributed by atoms with van der Waals surface area (Å²) >= 11 is 1.77. The largest absolute Gasteiger partial charge is 0.444 e. The van der Waals surface area contributed by atoms with Gasteiger partial charge in [-0.3, -0.25) is 0 Å². The van der Waals surface area contributed by atoms with Gasteiger partial charge in [0, 0.05) is 18.8 Å². The van der Waals surface area contributed by atoms with E-state index < -0.39 is 5.60 Å². The summed E-state index contributed by atoms with van der Waals surface area (Å²) in [5.41, 5.74) is 1.67. The summed E-state index contributed by atoms with van der Waals surface area (Å²) < 4.78 is 5.44. The lowest BCUT2D eigenvalue weighted by atomic mass is 9.99. The van der Waals surface area contributed by atoms with Crippen LogP contribution in [0.2, 0.25) is 0 Å². The quantitative estimate of drug-likeness (QED) is 0.841. The van der Waals surface area contributed by atoms with Crippen LogP contribution in [0.5, 0.6) is 0 Å². The molecular weight excluding hydrogens is 322 g/mol. The number of amides is 1. The number of thioether (sulfide) groups is 1. The summed E-state index contributed by atoms with van der Waals surface area (Å²) in [6.45, 7) is 7.27. The Labute approximate surface area is 147 Å². The van der Waals surface area contributed by atoms with E-state index in [-0.39, 0.29) is 6.09 Å². The molecule has 2 heterocycles. The third-order valence-corrected chi connectivity index (χ3v) is 5.19. The Bertz CT molecular complexity index is 667. The summed E-state index contributed by atoms with van der Waals surface area (Å²) in [5, 5.41) is 0.978. The van der Waals surface area contributed by atoms with Crippen molar-refractivity contribution in [2.45, 2.75) is 44.4 Å². The lowest BCUT2D eigenvalue weighted by Crippen LogP contribution is -2.42. The van der Waals surface area contributed by atoms with Gasteiger partial charge < -0.3 is 14.6 Å². The number of carbonyl (C=O) groups is 1. The molecule has 1 amide bonds. The molecule has 0 radical (unpaired) electrons. The molecule has 1 aliphatic heterocycles. The minimum Gasteiger partial charge on any atom is -0.444 e. The second kappa shape index (κ2) is 7.05. The molecule has 0 unspecified atom stereocenters. The van der Waals surface area contributed by atoms with Crippen LogP contribution in [0.15, 0.2) is 29.4 Å². The number of imidazole rings is 1. The summed E-state index contributed by atoms with van der Waals surface area (Å²) in [7, 11) is 0. The molecule has 0 saturated carbocycles. The first kappa shape index (κ1) is 17.1.